The summed E-state index contributed by atoms with van der Waals surface area (Å²) in [6.45, 7) is 5.43. The average Bonchev–Trinajstić information content (AvgIpc) is 2.91. The van der Waals surface area contributed by atoms with E-state index in [2.05, 4.69) is 31.3 Å². The van der Waals surface area contributed by atoms with Crippen LogP contribution in [0.15, 0.2) is 41.0 Å². The molecule has 1 unspecified atom stereocenters. The fraction of sp³-hybridized carbons (Fsp3) is 0.444. The normalized spacial score (nSPS) is 20.2. The van der Waals surface area contributed by atoms with Crippen LogP contribution in [0.3, 0.4) is 0 Å². The van der Waals surface area contributed by atoms with Gasteiger partial charge >= 0.3 is 0 Å². The van der Waals surface area contributed by atoms with Crippen molar-refractivity contribution in [3.05, 3.63) is 59.0 Å². The highest BCUT2D eigenvalue weighted by atomic mass is 16.3. The van der Waals surface area contributed by atoms with Gasteiger partial charge in [-0.1, -0.05) is 38.1 Å². The van der Waals surface area contributed by atoms with Crippen LogP contribution in [0, 0.1) is 5.41 Å². The summed E-state index contributed by atoms with van der Waals surface area (Å²) in [4.78, 5) is 0. The van der Waals surface area contributed by atoms with Gasteiger partial charge in [0.2, 0.25) is 0 Å². The second-order valence-electron chi connectivity index (χ2n) is 6.70. The van der Waals surface area contributed by atoms with Crippen LogP contribution >= 0.6 is 0 Å². The first-order valence-corrected chi connectivity index (χ1v) is 7.56. The lowest BCUT2D eigenvalue weighted by atomic mass is 9.75. The number of hydrogen-bond donors (Lipinski definition) is 2. The van der Waals surface area contributed by atoms with Crippen LogP contribution in [0.25, 0.3) is 0 Å². The predicted octanol–water partition coefficient (Wildman–Crippen LogP) is 3.58. The minimum Gasteiger partial charge on any atom is -0.469 e. The van der Waals surface area contributed by atoms with Gasteiger partial charge in [0.05, 0.1) is 12.9 Å². The highest BCUT2D eigenvalue weighted by molar-refractivity contribution is 5.29. The van der Waals surface area contributed by atoms with E-state index in [1.54, 1.807) is 6.26 Å². The molecule has 1 aromatic heterocycles. The second-order valence-corrected chi connectivity index (χ2v) is 6.70. The lowest BCUT2D eigenvalue weighted by molar-refractivity contribution is 0.234. The van der Waals surface area contributed by atoms with Gasteiger partial charge in [0, 0.05) is 24.6 Å². The average molecular weight is 285 g/mol. The van der Waals surface area contributed by atoms with Crippen LogP contribution in [0.1, 0.15) is 48.8 Å². The summed E-state index contributed by atoms with van der Waals surface area (Å²) >= 11 is 0. The Morgan fingerprint density at radius 2 is 2.00 bits per heavy atom. The summed E-state index contributed by atoms with van der Waals surface area (Å²) in [7, 11) is 0. The number of nitrogens with one attached hydrogen (secondary N) is 1. The van der Waals surface area contributed by atoms with E-state index < -0.39 is 0 Å². The largest absolute Gasteiger partial charge is 0.469 e. The lowest BCUT2D eigenvalue weighted by Gasteiger charge is -2.35. The van der Waals surface area contributed by atoms with Crippen molar-refractivity contribution in [1.29, 1.82) is 0 Å². The van der Waals surface area contributed by atoms with Crippen molar-refractivity contribution in [2.45, 2.75) is 45.9 Å². The minimum atomic E-state index is 0.0883. The molecule has 0 radical (unpaired) electrons. The third-order valence-corrected chi connectivity index (χ3v) is 4.38. The molecule has 0 bridgehead atoms. The number of aliphatic hydroxyl groups excluding tert-OH is 1. The van der Waals surface area contributed by atoms with Crippen LogP contribution in [0.2, 0.25) is 0 Å². The molecule has 0 saturated heterocycles. The molecule has 1 aliphatic rings. The molecule has 3 nitrogen and oxygen atoms in total. The van der Waals surface area contributed by atoms with Crippen molar-refractivity contribution in [3.8, 4) is 0 Å². The lowest BCUT2D eigenvalue weighted by Crippen LogP contribution is -2.32. The minimum absolute atomic E-state index is 0.0883. The summed E-state index contributed by atoms with van der Waals surface area (Å²) in [6.07, 6.45) is 3.89. The molecule has 0 spiro atoms. The molecule has 1 heterocycles. The predicted molar refractivity (Wildman–Crippen MR) is 82.8 cm³/mol. The Hall–Kier alpha value is -1.58. The van der Waals surface area contributed by atoms with Gasteiger partial charge < -0.3 is 14.8 Å². The van der Waals surface area contributed by atoms with Crippen LogP contribution in [-0.4, -0.2) is 5.11 Å². The number of benzene rings is 1. The number of aliphatic hydroxyl groups is 1. The Morgan fingerprint density at radius 1 is 1.24 bits per heavy atom. The standard InChI is InChI=1S/C18H23NO2/c1-18(2)9-16(15-7-8-21-17(15)10-18)19-11-13-5-3-4-6-14(13)12-20/h3-8,16,19-20H,9-12H2,1-2H3. The van der Waals surface area contributed by atoms with E-state index in [9.17, 15) is 5.11 Å². The molecular formula is C18H23NO2. The summed E-state index contributed by atoms with van der Waals surface area (Å²) in [5, 5.41) is 13.1. The molecule has 2 N–H and O–H groups in total. The van der Waals surface area contributed by atoms with Gasteiger partial charge in [-0.3, -0.25) is 0 Å². The highest BCUT2D eigenvalue weighted by Gasteiger charge is 2.33. The Balaban J connectivity index is 1.76. The quantitative estimate of drug-likeness (QED) is 0.902. The molecule has 1 aliphatic carbocycles. The van der Waals surface area contributed by atoms with Gasteiger partial charge in [0.25, 0.3) is 0 Å². The van der Waals surface area contributed by atoms with Gasteiger partial charge in [-0.15, -0.1) is 0 Å². The van der Waals surface area contributed by atoms with E-state index in [-0.39, 0.29) is 12.0 Å². The summed E-state index contributed by atoms with van der Waals surface area (Å²) in [5.41, 5.74) is 3.69. The van der Waals surface area contributed by atoms with Crippen LogP contribution in [0.5, 0.6) is 0 Å². The summed E-state index contributed by atoms with van der Waals surface area (Å²) in [5.74, 6) is 1.11. The van der Waals surface area contributed by atoms with Gasteiger partial charge in [0.15, 0.2) is 0 Å². The van der Waals surface area contributed by atoms with Crippen LogP contribution < -0.4 is 5.32 Å². The van der Waals surface area contributed by atoms with Gasteiger partial charge in [0.1, 0.15) is 5.76 Å². The van der Waals surface area contributed by atoms with Crippen molar-refractivity contribution in [2.24, 2.45) is 5.41 Å². The van der Waals surface area contributed by atoms with Crippen molar-refractivity contribution >= 4 is 0 Å². The topological polar surface area (TPSA) is 45.4 Å². The third kappa shape index (κ3) is 3.04. The maximum Gasteiger partial charge on any atom is 0.109 e. The molecule has 0 fully saturated rings. The maximum atomic E-state index is 9.42. The van der Waals surface area contributed by atoms with E-state index in [0.29, 0.717) is 6.04 Å². The molecule has 0 aliphatic heterocycles. The van der Waals surface area contributed by atoms with Crippen LogP contribution in [0.4, 0.5) is 0 Å². The fourth-order valence-corrected chi connectivity index (χ4v) is 3.27. The number of furan rings is 1. The Morgan fingerprint density at radius 3 is 2.76 bits per heavy atom. The Bertz CT molecular complexity index is 615. The second kappa shape index (κ2) is 5.66. The Kier molecular flexibility index (Phi) is 3.87. The highest BCUT2D eigenvalue weighted by Crippen LogP contribution is 2.41. The summed E-state index contributed by atoms with van der Waals surface area (Å²) < 4.78 is 5.64. The maximum absolute atomic E-state index is 9.42. The number of hydrogen-bond acceptors (Lipinski definition) is 3. The first-order chi connectivity index (χ1) is 10.1. The molecule has 3 rings (SSSR count). The monoisotopic (exact) mass is 285 g/mol. The molecule has 21 heavy (non-hydrogen) atoms. The molecule has 0 amide bonds. The zero-order valence-electron chi connectivity index (χ0n) is 12.7. The summed E-state index contributed by atoms with van der Waals surface area (Å²) in [6, 6.07) is 10.4. The third-order valence-electron chi connectivity index (χ3n) is 4.38. The van der Waals surface area contributed by atoms with Crippen molar-refractivity contribution in [2.75, 3.05) is 0 Å². The first kappa shape index (κ1) is 14.4. The van der Waals surface area contributed by atoms with E-state index in [0.717, 1.165) is 36.3 Å². The van der Waals surface area contributed by atoms with Gasteiger partial charge in [-0.25, -0.2) is 0 Å². The zero-order valence-corrected chi connectivity index (χ0v) is 12.7. The van der Waals surface area contributed by atoms with Gasteiger partial charge in [-0.2, -0.15) is 0 Å². The molecule has 1 aromatic carbocycles. The van der Waals surface area contributed by atoms with E-state index in [1.807, 2.05) is 18.2 Å². The molecule has 0 saturated carbocycles. The molecule has 2 aromatic rings. The fourth-order valence-electron chi connectivity index (χ4n) is 3.27. The van der Waals surface area contributed by atoms with E-state index in [1.165, 1.54) is 5.56 Å². The molecule has 3 heteroatoms. The van der Waals surface area contributed by atoms with E-state index in [4.69, 9.17) is 4.42 Å². The van der Waals surface area contributed by atoms with Crippen LogP contribution in [-0.2, 0) is 19.6 Å². The van der Waals surface area contributed by atoms with Gasteiger partial charge in [-0.05, 0) is 29.0 Å². The number of fused-ring (bicyclic) bond motifs is 1. The molecule has 1 atom stereocenters. The van der Waals surface area contributed by atoms with E-state index >= 15 is 0 Å². The number of rotatable bonds is 4. The SMILES string of the molecule is CC1(C)Cc2occc2C(NCc2ccccc2CO)C1. The Labute approximate surface area is 126 Å². The molecule has 112 valence electrons. The zero-order chi connectivity index (χ0) is 14.9. The first-order valence-electron chi connectivity index (χ1n) is 7.56. The van der Waals surface area contributed by atoms with Crippen molar-refractivity contribution in [1.82, 2.24) is 5.32 Å². The molecular weight excluding hydrogens is 262 g/mol. The van der Waals surface area contributed by atoms with Crippen molar-refractivity contribution < 1.29 is 9.52 Å². The smallest absolute Gasteiger partial charge is 0.109 e. The van der Waals surface area contributed by atoms with Crippen molar-refractivity contribution in [3.63, 3.8) is 0 Å².